The molecular formula is C22H26F2N6O. The molecule has 9 heteroatoms. The van der Waals surface area contributed by atoms with Crippen molar-refractivity contribution >= 4 is 17.3 Å². The number of benzene rings is 2. The molecule has 1 saturated heterocycles. The normalized spacial score (nSPS) is 15.8. The first-order valence-corrected chi connectivity index (χ1v) is 10.4. The molecule has 0 amide bonds. The fourth-order valence-corrected chi connectivity index (χ4v) is 3.87. The van der Waals surface area contributed by atoms with Gasteiger partial charge in [0.2, 0.25) is 5.95 Å². The van der Waals surface area contributed by atoms with Gasteiger partial charge in [-0.3, -0.25) is 4.90 Å². The number of halogens is 2. The van der Waals surface area contributed by atoms with Gasteiger partial charge in [0.25, 0.3) is 0 Å². The summed E-state index contributed by atoms with van der Waals surface area (Å²) in [5.41, 5.74) is 2.18. The van der Waals surface area contributed by atoms with Crippen molar-refractivity contribution in [2.24, 2.45) is 0 Å². The topological polar surface area (TPSA) is 69.5 Å². The van der Waals surface area contributed by atoms with Crippen molar-refractivity contribution in [3.63, 3.8) is 0 Å². The van der Waals surface area contributed by atoms with Gasteiger partial charge in [-0.15, -0.1) is 5.10 Å². The summed E-state index contributed by atoms with van der Waals surface area (Å²) in [6, 6.07) is 11.4. The van der Waals surface area contributed by atoms with Crippen LogP contribution in [0.1, 0.15) is 13.3 Å². The highest BCUT2D eigenvalue weighted by Crippen LogP contribution is 2.23. The molecule has 2 aromatic carbocycles. The molecule has 31 heavy (non-hydrogen) atoms. The molecule has 1 aromatic heterocycles. The smallest absolute Gasteiger partial charge is 0.246 e. The van der Waals surface area contributed by atoms with Crippen molar-refractivity contribution < 1.29 is 13.9 Å². The summed E-state index contributed by atoms with van der Waals surface area (Å²) in [7, 11) is 0. The maximum atomic E-state index is 13.5. The molecule has 3 aromatic rings. The Morgan fingerprint density at radius 2 is 1.77 bits per heavy atom. The molecule has 4 rings (SSSR count). The van der Waals surface area contributed by atoms with E-state index in [2.05, 4.69) is 38.2 Å². The van der Waals surface area contributed by atoms with Gasteiger partial charge in [-0.2, -0.15) is 4.98 Å². The van der Waals surface area contributed by atoms with Crippen molar-refractivity contribution in [1.29, 1.82) is 0 Å². The third-order valence-corrected chi connectivity index (χ3v) is 5.58. The third kappa shape index (κ3) is 5.00. The lowest BCUT2D eigenvalue weighted by atomic mass is 10.1. The van der Waals surface area contributed by atoms with Gasteiger partial charge in [0.05, 0.1) is 12.3 Å². The number of nitrogens with zero attached hydrogens (tertiary/aromatic N) is 5. The summed E-state index contributed by atoms with van der Waals surface area (Å²) >= 11 is 0. The van der Waals surface area contributed by atoms with E-state index in [9.17, 15) is 13.9 Å². The van der Waals surface area contributed by atoms with E-state index < -0.39 is 11.6 Å². The summed E-state index contributed by atoms with van der Waals surface area (Å²) in [5.74, 6) is -1.01. The summed E-state index contributed by atoms with van der Waals surface area (Å²) in [5, 5.41) is 16.9. The summed E-state index contributed by atoms with van der Waals surface area (Å²) in [6.45, 7) is 5.88. The Morgan fingerprint density at radius 1 is 1.03 bits per heavy atom. The largest absolute Gasteiger partial charge is 0.395 e. The van der Waals surface area contributed by atoms with Gasteiger partial charge in [-0.1, -0.05) is 13.0 Å². The average molecular weight is 428 g/mol. The first-order chi connectivity index (χ1) is 15.1. The van der Waals surface area contributed by atoms with E-state index in [1.807, 2.05) is 18.2 Å². The number of hydrogen-bond donors (Lipinski definition) is 2. The van der Waals surface area contributed by atoms with Crippen LogP contribution >= 0.6 is 0 Å². The van der Waals surface area contributed by atoms with E-state index >= 15 is 0 Å². The number of anilines is 3. The van der Waals surface area contributed by atoms with Crippen molar-refractivity contribution in [1.82, 2.24) is 19.7 Å². The number of nitrogens with one attached hydrogen (secondary N) is 1. The molecule has 0 aliphatic carbocycles. The van der Waals surface area contributed by atoms with E-state index in [0.717, 1.165) is 50.0 Å². The van der Waals surface area contributed by atoms with E-state index in [4.69, 9.17) is 0 Å². The number of hydrogen-bond acceptors (Lipinski definition) is 6. The lowest BCUT2D eigenvalue weighted by molar-refractivity contribution is 0.114. The molecular weight excluding hydrogens is 402 g/mol. The van der Waals surface area contributed by atoms with Gasteiger partial charge in [-0.05, 0) is 36.8 Å². The molecule has 1 unspecified atom stereocenters. The van der Waals surface area contributed by atoms with Crippen LogP contribution in [-0.2, 0) is 0 Å². The molecule has 0 spiro atoms. The van der Waals surface area contributed by atoms with Gasteiger partial charge in [0.15, 0.2) is 0 Å². The molecule has 1 aliphatic heterocycles. The van der Waals surface area contributed by atoms with Gasteiger partial charge in [-0.25, -0.2) is 13.5 Å². The number of piperazine rings is 1. The number of rotatable bonds is 7. The lowest BCUT2D eigenvalue weighted by Crippen LogP contribution is -2.51. The second-order valence-corrected chi connectivity index (χ2v) is 7.58. The van der Waals surface area contributed by atoms with E-state index in [1.54, 1.807) is 0 Å². The zero-order valence-corrected chi connectivity index (χ0v) is 17.4. The Hall–Kier alpha value is -3.04. The van der Waals surface area contributed by atoms with Crippen LogP contribution in [0, 0.1) is 11.6 Å². The van der Waals surface area contributed by atoms with Gasteiger partial charge < -0.3 is 15.3 Å². The SMILES string of the molecule is CCC(CO)N1CCN(c2cccc(Nc3ncn(-c4cc(F)cc(F)c4)n3)c2)CC1. The highest BCUT2D eigenvalue weighted by molar-refractivity contribution is 5.62. The molecule has 1 aliphatic rings. The maximum Gasteiger partial charge on any atom is 0.246 e. The van der Waals surface area contributed by atoms with E-state index in [-0.39, 0.29) is 18.3 Å². The van der Waals surface area contributed by atoms with Crippen molar-refractivity contribution in [2.45, 2.75) is 19.4 Å². The van der Waals surface area contributed by atoms with Crippen molar-refractivity contribution in [3.05, 3.63) is 60.4 Å². The monoisotopic (exact) mass is 428 g/mol. The lowest BCUT2D eigenvalue weighted by Gasteiger charge is -2.39. The molecule has 2 N–H and O–H groups in total. The Bertz CT molecular complexity index is 994. The average Bonchev–Trinajstić information content (AvgIpc) is 3.23. The quantitative estimate of drug-likeness (QED) is 0.603. The molecule has 164 valence electrons. The molecule has 0 saturated carbocycles. The fourth-order valence-electron chi connectivity index (χ4n) is 3.87. The van der Waals surface area contributed by atoms with Gasteiger partial charge in [0, 0.05) is 49.7 Å². The van der Waals surface area contributed by atoms with Crippen molar-refractivity contribution in [2.75, 3.05) is 43.0 Å². The first-order valence-electron chi connectivity index (χ1n) is 10.4. The number of aliphatic hydroxyl groups excluding tert-OH is 1. The minimum Gasteiger partial charge on any atom is -0.395 e. The van der Waals surface area contributed by atoms with Crippen molar-refractivity contribution in [3.8, 4) is 5.69 Å². The van der Waals surface area contributed by atoms with Crippen LogP contribution < -0.4 is 10.2 Å². The molecule has 2 heterocycles. The standard InChI is InChI=1S/C22H26F2N6O/c1-2-19(14-31)28-6-8-29(9-7-28)20-5-3-4-18(13-20)26-22-25-15-30(27-22)21-11-16(23)10-17(24)12-21/h3-5,10-13,15,19,31H,2,6-9,14H2,1H3,(H,26,27). The minimum absolute atomic E-state index is 0.192. The maximum absolute atomic E-state index is 13.5. The van der Waals surface area contributed by atoms with E-state index in [0.29, 0.717) is 5.95 Å². The Morgan fingerprint density at radius 3 is 2.45 bits per heavy atom. The number of aliphatic hydroxyl groups is 1. The molecule has 0 bridgehead atoms. The van der Waals surface area contributed by atoms with Crippen LogP contribution in [-0.4, -0.2) is 63.6 Å². The van der Waals surface area contributed by atoms with Crippen LogP contribution in [0.25, 0.3) is 5.69 Å². The zero-order chi connectivity index (χ0) is 21.8. The fraction of sp³-hybridized carbons (Fsp3) is 0.364. The van der Waals surface area contributed by atoms with Gasteiger partial charge >= 0.3 is 0 Å². The van der Waals surface area contributed by atoms with Crippen LogP contribution in [0.2, 0.25) is 0 Å². The Labute approximate surface area is 179 Å². The first kappa shape index (κ1) is 21.2. The van der Waals surface area contributed by atoms with Crippen LogP contribution in [0.15, 0.2) is 48.8 Å². The van der Waals surface area contributed by atoms with Crippen LogP contribution in [0.3, 0.4) is 0 Å². The third-order valence-electron chi connectivity index (χ3n) is 5.58. The summed E-state index contributed by atoms with van der Waals surface area (Å²) in [4.78, 5) is 8.84. The van der Waals surface area contributed by atoms with Crippen LogP contribution in [0.4, 0.5) is 26.1 Å². The van der Waals surface area contributed by atoms with Crippen LogP contribution in [0.5, 0.6) is 0 Å². The Balaban J connectivity index is 1.42. The van der Waals surface area contributed by atoms with E-state index in [1.165, 1.54) is 23.1 Å². The highest BCUT2D eigenvalue weighted by Gasteiger charge is 2.22. The second kappa shape index (κ2) is 9.40. The highest BCUT2D eigenvalue weighted by atomic mass is 19.1. The molecule has 1 fully saturated rings. The summed E-state index contributed by atoms with van der Waals surface area (Å²) in [6.07, 6.45) is 2.35. The Kier molecular flexibility index (Phi) is 6.43. The van der Waals surface area contributed by atoms with Gasteiger partial charge in [0.1, 0.15) is 18.0 Å². The zero-order valence-electron chi connectivity index (χ0n) is 17.4. The number of aromatic nitrogens is 3. The predicted molar refractivity (Wildman–Crippen MR) is 116 cm³/mol. The summed E-state index contributed by atoms with van der Waals surface area (Å²) < 4.78 is 28.2. The molecule has 7 nitrogen and oxygen atoms in total. The predicted octanol–water partition coefficient (Wildman–Crippen LogP) is 3.18. The minimum atomic E-state index is -0.669. The molecule has 1 atom stereocenters. The molecule has 0 radical (unpaired) electrons. The second-order valence-electron chi connectivity index (χ2n) is 7.58.